The average molecular weight is 388 g/mol. The molecular formula is C17H16N4O3S2. The first-order valence-corrected chi connectivity index (χ1v) is 10.0. The second-order valence-electron chi connectivity index (χ2n) is 5.39. The predicted octanol–water partition coefficient (Wildman–Crippen LogP) is 2.64. The lowest BCUT2D eigenvalue weighted by molar-refractivity contribution is -0.114. The van der Waals surface area contributed by atoms with Crippen molar-refractivity contribution < 1.29 is 13.2 Å². The number of sulfonamides is 1. The normalized spacial score (nSPS) is 11.3. The van der Waals surface area contributed by atoms with Gasteiger partial charge in [-0.25, -0.2) is 18.1 Å². The number of nitrogens with one attached hydrogen (secondary N) is 2. The lowest BCUT2D eigenvalue weighted by Crippen LogP contribution is -2.23. The van der Waals surface area contributed by atoms with E-state index in [1.165, 1.54) is 42.5 Å². The molecule has 2 N–H and O–H groups in total. The molecule has 9 heteroatoms. The summed E-state index contributed by atoms with van der Waals surface area (Å²) in [6, 6.07) is 11.5. The molecule has 0 aliphatic rings. The third-order valence-electron chi connectivity index (χ3n) is 3.36. The lowest BCUT2D eigenvalue weighted by atomic mass is 10.3. The van der Waals surface area contributed by atoms with Crippen LogP contribution < -0.4 is 10.0 Å². The van der Waals surface area contributed by atoms with Gasteiger partial charge in [0.2, 0.25) is 15.9 Å². The largest absolute Gasteiger partial charge is 0.326 e. The van der Waals surface area contributed by atoms with Gasteiger partial charge in [-0.05, 0) is 36.4 Å². The second kappa shape index (κ2) is 7.73. The fourth-order valence-electron chi connectivity index (χ4n) is 2.17. The molecule has 2 heterocycles. The first-order chi connectivity index (χ1) is 12.4. The Morgan fingerprint density at radius 2 is 1.92 bits per heavy atom. The van der Waals surface area contributed by atoms with Crippen LogP contribution in [0.2, 0.25) is 0 Å². The number of anilines is 1. The Labute approximate surface area is 155 Å². The highest BCUT2D eigenvalue weighted by Crippen LogP contribution is 2.21. The number of thiazole rings is 1. The summed E-state index contributed by atoms with van der Waals surface area (Å²) in [5, 5.41) is 5.12. The van der Waals surface area contributed by atoms with Crippen LogP contribution in [0.5, 0.6) is 0 Å². The molecular weight excluding hydrogens is 372 g/mol. The van der Waals surface area contributed by atoms with Crippen LogP contribution in [0.1, 0.15) is 12.6 Å². The van der Waals surface area contributed by atoms with Crippen LogP contribution in [-0.4, -0.2) is 24.3 Å². The van der Waals surface area contributed by atoms with Gasteiger partial charge in [0.05, 0.1) is 22.8 Å². The summed E-state index contributed by atoms with van der Waals surface area (Å²) < 4.78 is 27.3. The van der Waals surface area contributed by atoms with Gasteiger partial charge in [-0.15, -0.1) is 11.3 Å². The quantitative estimate of drug-likeness (QED) is 0.676. The summed E-state index contributed by atoms with van der Waals surface area (Å²) in [5.74, 6) is -0.217. The van der Waals surface area contributed by atoms with Crippen LogP contribution in [0, 0.1) is 0 Å². The van der Waals surface area contributed by atoms with Crippen molar-refractivity contribution in [2.75, 3.05) is 5.32 Å². The zero-order chi connectivity index (χ0) is 18.6. The highest BCUT2D eigenvalue weighted by Gasteiger charge is 2.15. The number of hydrogen-bond donors (Lipinski definition) is 2. The summed E-state index contributed by atoms with van der Waals surface area (Å²) in [6.45, 7) is 1.47. The minimum Gasteiger partial charge on any atom is -0.326 e. The predicted molar refractivity (Wildman–Crippen MR) is 100 cm³/mol. The van der Waals surface area contributed by atoms with Gasteiger partial charge in [0.1, 0.15) is 5.01 Å². The van der Waals surface area contributed by atoms with Crippen LogP contribution in [0.4, 0.5) is 5.69 Å². The lowest BCUT2D eigenvalue weighted by Gasteiger charge is -2.07. The first-order valence-electron chi connectivity index (χ1n) is 7.67. The van der Waals surface area contributed by atoms with Gasteiger partial charge in [0.25, 0.3) is 0 Å². The number of carbonyl (C=O) groups is 1. The molecule has 0 saturated heterocycles. The fraction of sp³-hybridized carbons (Fsp3) is 0.118. The SMILES string of the molecule is CC(=O)Nc1ccc(S(=O)(=O)NCc2csc(-c3ccccn3)n2)cc1. The van der Waals surface area contributed by atoms with Crippen molar-refractivity contribution in [1.82, 2.24) is 14.7 Å². The number of amides is 1. The maximum absolute atomic E-state index is 12.4. The Morgan fingerprint density at radius 1 is 1.15 bits per heavy atom. The number of aromatic nitrogens is 2. The van der Waals surface area contributed by atoms with Crippen molar-refractivity contribution in [2.45, 2.75) is 18.4 Å². The molecule has 0 radical (unpaired) electrons. The van der Waals surface area contributed by atoms with Crippen LogP contribution >= 0.6 is 11.3 Å². The highest BCUT2D eigenvalue weighted by atomic mass is 32.2. The molecule has 0 saturated carbocycles. The molecule has 3 rings (SSSR count). The first kappa shape index (κ1) is 18.2. The standard InChI is InChI=1S/C17H16N4O3S2/c1-12(22)20-13-5-7-15(8-6-13)26(23,24)19-10-14-11-25-17(21-14)16-4-2-3-9-18-16/h2-9,11,19H,10H2,1H3,(H,20,22). The molecule has 0 spiro atoms. The zero-order valence-electron chi connectivity index (χ0n) is 13.8. The molecule has 1 amide bonds. The Bertz CT molecular complexity index is 1000. The van der Waals surface area contributed by atoms with E-state index in [2.05, 4.69) is 20.0 Å². The molecule has 0 unspecified atom stereocenters. The number of rotatable bonds is 6. The molecule has 134 valence electrons. The molecule has 7 nitrogen and oxygen atoms in total. The van der Waals surface area contributed by atoms with Gasteiger partial charge in [-0.2, -0.15) is 0 Å². The smallest absolute Gasteiger partial charge is 0.240 e. The van der Waals surface area contributed by atoms with Gasteiger partial charge in [0.15, 0.2) is 0 Å². The van der Waals surface area contributed by atoms with E-state index >= 15 is 0 Å². The Balaban J connectivity index is 1.67. The third-order valence-corrected chi connectivity index (χ3v) is 5.69. The van der Waals surface area contributed by atoms with Crippen LogP contribution in [0.15, 0.2) is 58.9 Å². The van der Waals surface area contributed by atoms with E-state index in [1.54, 1.807) is 11.6 Å². The maximum Gasteiger partial charge on any atom is 0.240 e. The van der Waals surface area contributed by atoms with Crippen molar-refractivity contribution in [3.8, 4) is 10.7 Å². The summed E-state index contributed by atoms with van der Waals surface area (Å²) in [6.07, 6.45) is 1.68. The topological polar surface area (TPSA) is 101 Å². The van der Waals surface area contributed by atoms with Gasteiger partial charge >= 0.3 is 0 Å². The monoisotopic (exact) mass is 388 g/mol. The molecule has 0 fully saturated rings. The van der Waals surface area contributed by atoms with E-state index in [0.717, 1.165) is 10.7 Å². The van der Waals surface area contributed by atoms with Crippen LogP contribution in [-0.2, 0) is 21.4 Å². The van der Waals surface area contributed by atoms with E-state index in [1.807, 2.05) is 18.2 Å². The molecule has 2 aromatic heterocycles. The fourth-order valence-corrected chi connectivity index (χ4v) is 3.96. The average Bonchev–Trinajstić information content (AvgIpc) is 3.10. The molecule has 0 atom stereocenters. The van der Waals surface area contributed by atoms with Gasteiger partial charge in [0, 0.05) is 24.2 Å². The van der Waals surface area contributed by atoms with E-state index in [-0.39, 0.29) is 17.3 Å². The summed E-state index contributed by atoms with van der Waals surface area (Å²) in [4.78, 5) is 19.8. The number of nitrogens with zero attached hydrogens (tertiary/aromatic N) is 2. The number of benzene rings is 1. The van der Waals surface area contributed by atoms with Gasteiger partial charge in [-0.1, -0.05) is 6.07 Å². The molecule has 26 heavy (non-hydrogen) atoms. The Hall–Kier alpha value is -2.62. The summed E-state index contributed by atoms with van der Waals surface area (Å²) >= 11 is 1.41. The van der Waals surface area contributed by atoms with Crippen molar-refractivity contribution in [3.05, 3.63) is 59.7 Å². The summed E-state index contributed by atoms with van der Waals surface area (Å²) in [7, 11) is -3.67. The molecule has 0 aliphatic heterocycles. The molecule has 0 bridgehead atoms. The minimum absolute atomic E-state index is 0.0825. The van der Waals surface area contributed by atoms with E-state index in [4.69, 9.17) is 0 Å². The van der Waals surface area contributed by atoms with Gasteiger partial charge < -0.3 is 5.32 Å². The zero-order valence-corrected chi connectivity index (χ0v) is 15.5. The summed E-state index contributed by atoms with van der Waals surface area (Å²) in [5.41, 5.74) is 1.91. The van der Waals surface area contributed by atoms with Crippen molar-refractivity contribution in [3.63, 3.8) is 0 Å². The third kappa shape index (κ3) is 4.51. The van der Waals surface area contributed by atoms with Crippen LogP contribution in [0.3, 0.4) is 0 Å². The molecule has 3 aromatic rings. The van der Waals surface area contributed by atoms with Crippen molar-refractivity contribution in [1.29, 1.82) is 0 Å². The number of carbonyl (C=O) groups excluding carboxylic acids is 1. The molecule has 0 aliphatic carbocycles. The van der Waals surface area contributed by atoms with Crippen LogP contribution in [0.25, 0.3) is 10.7 Å². The molecule has 1 aromatic carbocycles. The number of pyridine rings is 1. The van der Waals surface area contributed by atoms with E-state index in [0.29, 0.717) is 11.4 Å². The second-order valence-corrected chi connectivity index (χ2v) is 8.01. The Kier molecular flexibility index (Phi) is 5.40. The van der Waals surface area contributed by atoms with Crippen molar-refractivity contribution in [2.24, 2.45) is 0 Å². The van der Waals surface area contributed by atoms with Crippen molar-refractivity contribution >= 4 is 33.0 Å². The Morgan fingerprint density at radius 3 is 2.58 bits per heavy atom. The van der Waals surface area contributed by atoms with E-state index < -0.39 is 10.0 Å². The van der Waals surface area contributed by atoms with Gasteiger partial charge in [-0.3, -0.25) is 9.78 Å². The number of hydrogen-bond acceptors (Lipinski definition) is 6. The highest BCUT2D eigenvalue weighted by molar-refractivity contribution is 7.89. The maximum atomic E-state index is 12.4. The van der Waals surface area contributed by atoms with E-state index in [9.17, 15) is 13.2 Å². The minimum atomic E-state index is -3.67.